The summed E-state index contributed by atoms with van der Waals surface area (Å²) in [7, 11) is 0. The van der Waals surface area contributed by atoms with Crippen LogP contribution in [0.25, 0.3) is 0 Å². The van der Waals surface area contributed by atoms with Gasteiger partial charge in [0.1, 0.15) is 12.3 Å². The minimum atomic E-state index is -0.0459. The molecule has 0 fully saturated rings. The molecule has 7 nitrogen and oxygen atoms in total. The average molecular weight is 349 g/mol. The number of amides is 1. The second-order valence-electron chi connectivity index (χ2n) is 6.28. The molecule has 4 rings (SSSR count). The van der Waals surface area contributed by atoms with Crippen LogP contribution in [-0.4, -0.2) is 32.2 Å². The number of nitrogens with zero attached hydrogens (tertiary/aromatic N) is 5. The van der Waals surface area contributed by atoms with Crippen molar-refractivity contribution in [3.63, 3.8) is 0 Å². The maximum atomic E-state index is 12.7. The molecule has 1 aliphatic rings. The van der Waals surface area contributed by atoms with E-state index in [1.807, 2.05) is 60.4 Å². The third-order valence-electron chi connectivity index (χ3n) is 4.36. The number of rotatable bonds is 5. The van der Waals surface area contributed by atoms with Gasteiger partial charge in [0.25, 0.3) is 5.91 Å². The van der Waals surface area contributed by atoms with Crippen molar-refractivity contribution < 1.29 is 9.53 Å². The molecule has 0 N–H and O–H groups in total. The maximum absolute atomic E-state index is 12.7. The van der Waals surface area contributed by atoms with E-state index in [-0.39, 0.29) is 25.1 Å². The predicted molar refractivity (Wildman–Crippen MR) is 95.7 cm³/mol. The van der Waals surface area contributed by atoms with Crippen molar-refractivity contribution in [2.24, 2.45) is 0 Å². The lowest BCUT2D eigenvalue weighted by Gasteiger charge is -2.22. The molecule has 0 spiro atoms. The van der Waals surface area contributed by atoms with Crippen LogP contribution in [0.2, 0.25) is 0 Å². The summed E-state index contributed by atoms with van der Waals surface area (Å²) in [5.74, 6) is 1.13. The highest BCUT2D eigenvalue weighted by atomic mass is 16.5. The number of ether oxygens (including phenoxy) is 1. The monoisotopic (exact) mass is 349 g/mol. The zero-order valence-electron chi connectivity index (χ0n) is 14.4. The summed E-state index contributed by atoms with van der Waals surface area (Å²) in [5.41, 5.74) is 2.16. The van der Waals surface area contributed by atoms with Crippen LogP contribution in [0.4, 0.5) is 5.69 Å². The largest absolute Gasteiger partial charge is 0.485 e. The van der Waals surface area contributed by atoms with Crippen LogP contribution < -0.4 is 9.64 Å². The summed E-state index contributed by atoms with van der Waals surface area (Å²) in [4.78, 5) is 15.9. The zero-order chi connectivity index (χ0) is 17.9. The van der Waals surface area contributed by atoms with Crippen LogP contribution in [0.5, 0.6) is 5.75 Å². The molecule has 1 aliphatic heterocycles. The molecule has 0 radical (unpaired) electrons. The number of hydrogen-bond acceptors (Lipinski definition) is 5. The molecule has 1 aromatic heterocycles. The summed E-state index contributed by atoms with van der Waals surface area (Å²) in [6, 6.07) is 17.5. The summed E-state index contributed by atoms with van der Waals surface area (Å²) in [6.45, 7) is 2.31. The molecule has 2 aromatic carbocycles. The normalized spacial score (nSPS) is 15.7. The van der Waals surface area contributed by atoms with Crippen LogP contribution in [0.15, 0.2) is 54.6 Å². The lowest BCUT2D eigenvalue weighted by Crippen LogP contribution is -2.38. The van der Waals surface area contributed by atoms with Gasteiger partial charge in [0.15, 0.2) is 6.61 Å². The van der Waals surface area contributed by atoms with Crippen LogP contribution in [0.1, 0.15) is 18.3 Å². The lowest BCUT2D eigenvalue weighted by atomic mass is 10.1. The van der Waals surface area contributed by atoms with Gasteiger partial charge in [0.2, 0.25) is 5.82 Å². The van der Waals surface area contributed by atoms with E-state index in [0.717, 1.165) is 17.9 Å². The number of benzene rings is 2. The second-order valence-corrected chi connectivity index (χ2v) is 6.28. The first kappa shape index (κ1) is 16.3. The Balaban J connectivity index is 1.40. The van der Waals surface area contributed by atoms with Crippen molar-refractivity contribution in [3.05, 3.63) is 66.0 Å². The number of carbonyl (C=O) groups is 1. The molecule has 1 unspecified atom stereocenters. The van der Waals surface area contributed by atoms with Crippen molar-refractivity contribution in [2.45, 2.75) is 32.5 Å². The molecule has 3 aromatic rings. The highest BCUT2D eigenvalue weighted by Gasteiger charge is 2.30. The Kier molecular flexibility index (Phi) is 4.35. The van der Waals surface area contributed by atoms with Gasteiger partial charge in [-0.25, -0.2) is 0 Å². The molecule has 0 saturated carbocycles. The summed E-state index contributed by atoms with van der Waals surface area (Å²) in [5, 5.41) is 12.2. The molecular formula is C19H19N5O2. The van der Waals surface area contributed by atoms with Gasteiger partial charge in [-0.05, 0) is 42.3 Å². The molecule has 0 bridgehead atoms. The Bertz CT molecular complexity index is 909. The van der Waals surface area contributed by atoms with Crippen molar-refractivity contribution in [1.29, 1.82) is 0 Å². The number of tetrazole rings is 1. The molecule has 0 aliphatic carbocycles. The minimum Gasteiger partial charge on any atom is -0.485 e. The number of carbonyl (C=O) groups excluding carboxylic acids is 1. The Morgan fingerprint density at radius 1 is 1.15 bits per heavy atom. The first-order valence-electron chi connectivity index (χ1n) is 8.55. The SMILES string of the molecule is CC1Cc2ccccc2N1C(=O)Cn1nnc(COc2ccccc2)n1. The summed E-state index contributed by atoms with van der Waals surface area (Å²) in [6.07, 6.45) is 0.864. The first-order valence-corrected chi connectivity index (χ1v) is 8.55. The van der Waals surface area contributed by atoms with Gasteiger partial charge in [-0.2, -0.15) is 4.80 Å². The average Bonchev–Trinajstić information content (AvgIpc) is 3.23. The van der Waals surface area contributed by atoms with Crippen LogP contribution in [0, 0.1) is 0 Å². The summed E-state index contributed by atoms with van der Waals surface area (Å²) >= 11 is 0. The Morgan fingerprint density at radius 3 is 2.77 bits per heavy atom. The molecule has 7 heteroatoms. The van der Waals surface area contributed by atoms with E-state index >= 15 is 0 Å². The third-order valence-corrected chi connectivity index (χ3v) is 4.36. The number of fused-ring (bicyclic) bond motifs is 1. The van der Waals surface area contributed by atoms with Gasteiger partial charge in [0.05, 0.1) is 0 Å². The molecule has 0 saturated heterocycles. The third kappa shape index (κ3) is 3.28. The second kappa shape index (κ2) is 6.95. The molecule has 26 heavy (non-hydrogen) atoms. The van der Waals surface area contributed by atoms with E-state index < -0.39 is 0 Å². The first-order chi connectivity index (χ1) is 12.7. The Labute approximate surface area is 151 Å². The van der Waals surface area contributed by atoms with E-state index in [2.05, 4.69) is 21.5 Å². The fraction of sp³-hybridized carbons (Fsp3) is 0.263. The molecule has 132 valence electrons. The highest BCUT2D eigenvalue weighted by Crippen LogP contribution is 2.31. The quantitative estimate of drug-likeness (QED) is 0.706. The topological polar surface area (TPSA) is 73.1 Å². The van der Waals surface area contributed by atoms with Gasteiger partial charge in [-0.15, -0.1) is 10.2 Å². The zero-order valence-corrected chi connectivity index (χ0v) is 14.4. The van der Waals surface area contributed by atoms with Gasteiger partial charge in [-0.1, -0.05) is 36.4 Å². The van der Waals surface area contributed by atoms with Gasteiger partial charge < -0.3 is 9.64 Å². The lowest BCUT2D eigenvalue weighted by molar-refractivity contribution is -0.119. The highest BCUT2D eigenvalue weighted by molar-refractivity contribution is 5.95. The summed E-state index contributed by atoms with van der Waals surface area (Å²) < 4.78 is 5.60. The number of anilines is 1. The number of aromatic nitrogens is 4. The van der Waals surface area contributed by atoms with Crippen molar-refractivity contribution >= 4 is 11.6 Å². The number of hydrogen-bond donors (Lipinski definition) is 0. The smallest absolute Gasteiger partial charge is 0.250 e. The van der Waals surface area contributed by atoms with Gasteiger partial charge in [0, 0.05) is 11.7 Å². The van der Waals surface area contributed by atoms with Gasteiger partial charge >= 0.3 is 0 Å². The molecule has 1 amide bonds. The predicted octanol–water partition coefficient (Wildman–Crippen LogP) is 2.23. The molecular weight excluding hydrogens is 330 g/mol. The van der Waals surface area contributed by atoms with Crippen molar-refractivity contribution in [2.75, 3.05) is 4.90 Å². The van der Waals surface area contributed by atoms with E-state index in [0.29, 0.717) is 5.82 Å². The van der Waals surface area contributed by atoms with Gasteiger partial charge in [-0.3, -0.25) is 4.79 Å². The van der Waals surface area contributed by atoms with Crippen molar-refractivity contribution in [3.8, 4) is 5.75 Å². The minimum absolute atomic E-state index is 0.0459. The van der Waals surface area contributed by atoms with E-state index in [1.54, 1.807) is 0 Å². The Hall–Kier alpha value is -3.22. The van der Waals surface area contributed by atoms with Crippen LogP contribution in [-0.2, 0) is 24.4 Å². The Morgan fingerprint density at radius 2 is 1.92 bits per heavy atom. The fourth-order valence-electron chi connectivity index (χ4n) is 3.21. The standard InChI is InChI=1S/C19H19N5O2/c1-14-11-15-7-5-6-10-17(15)24(14)19(25)12-23-21-18(20-22-23)13-26-16-8-3-2-4-9-16/h2-10,14H,11-13H2,1H3. The van der Waals surface area contributed by atoms with Crippen molar-refractivity contribution in [1.82, 2.24) is 20.2 Å². The molecule has 1 atom stereocenters. The van der Waals surface area contributed by atoms with E-state index in [4.69, 9.17) is 4.74 Å². The number of para-hydroxylation sites is 2. The maximum Gasteiger partial charge on any atom is 0.250 e. The van der Waals surface area contributed by atoms with Crippen LogP contribution >= 0.6 is 0 Å². The fourth-order valence-corrected chi connectivity index (χ4v) is 3.21. The molecule has 2 heterocycles. The van der Waals surface area contributed by atoms with E-state index in [9.17, 15) is 4.79 Å². The van der Waals surface area contributed by atoms with Crippen LogP contribution in [0.3, 0.4) is 0 Å². The van der Waals surface area contributed by atoms with E-state index in [1.165, 1.54) is 10.4 Å².